The van der Waals surface area contributed by atoms with Gasteiger partial charge in [0.05, 0.1) is 27.8 Å². The van der Waals surface area contributed by atoms with Crippen LogP contribution in [0.5, 0.6) is 0 Å². The lowest BCUT2D eigenvalue weighted by atomic mass is 10.1. The minimum atomic E-state index is 0.571. The monoisotopic (exact) mass is 653 g/mol. The normalized spacial score (nSPS) is 11.9. The Balaban J connectivity index is 1.14. The molecule has 0 bridgehead atoms. The molecule has 4 heterocycles. The van der Waals surface area contributed by atoms with Gasteiger partial charge in [0.1, 0.15) is 5.58 Å². The second-order valence-corrected chi connectivity index (χ2v) is 12.9. The topological polar surface area (TPSA) is 61.7 Å². The summed E-state index contributed by atoms with van der Waals surface area (Å²) in [4.78, 5) is 15.3. The van der Waals surface area contributed by atoms with Gasteiger partial charge in [-0.1, -0.05) is 115 Å². The smallest absolute Gasteiger partial charge is 0.238 e. The molecular formula is C45H27N5O. The zero-order valence-corrected chi connectivity index (χ0v) is 27.2. The lowest BCUT2D eigenvalue weighted by Gasteiger charge is -2.11. The fourth-order valence-electron chi connectivity index (χ4n) is 7.73. The van der Waals surface area contributed by atoms with Crippen LogP contribution in [0, 0.1) is 0 Å². The summed E-state index contributed by atoms with van der Waals surface area (Å²) in [5.41, 5.74) is 8.83. The summed E-state index contributed by atoms with van der Waals surface area (Å²) in [6, 6.07) is 56.6. The van der Waals surface area contributed by atoms with Crippen LogP contribution in [-0.4, -0.2) is 24.1 Å². The van der Waals surface area contributed by atoms with Crippen molar-refractivity contribution in [1.29, 1.82) is 0 Å². The van der Waals surface area contributed by atoms with E-state index in [0.29, 0.717) is 17.6 Å². The fraction of sp³-hybridized carbons (Fsp3) is 0. The predicted octanol–water partition coefficient (Wildman–Crippen LogP) is 11.3. The van der Waals surface area contributed by atoms with Gasteiger partial charge in [-0.05, 0) is 48.5 Å². The Hall–Kier alpha value is -7.05. The summed E-state index contributed by atoms with van der Waals surface area (Å²) in [5, 5.41) is 6.78. The van der Waals surface area contributed by atoms with Crippen molar-refractivity contribution in [3.05, 3.63) is 164 Å². The molecular weight excluding hydrogens is 627 g/mol. The molecule has 0 unspecified atom stereocenters. The maximum absolute atomic E-state index is 6.69. The van der Waals surface area contributed by atoms with Gasteiger partial charge in [-0.2, -0.15) is 9.97 Å². The number of aromatic nitrogens is 5. The Kier molecular flexibility index (Phi) is 5.86. The van der Waals surface area contributed by atoms with Crippen molar-refractivity contribution < 1.29 is 4.42 Å². The molecule has 0 atom stereocenters. The number of fused-ring (bicyclic) bond motifs is 9. The molecule has 11 rings (SSSR count). The molecule has 11 aromatic rings. The molecule has 0 aliphatic carbocycles. The Morgan fingerprint density at radius 1 is 0.373 bits per heavy atom. The molecule has 6 heteroatoms. The summed E-state index contributed by atoms with van der Waals surface area (Å²) < 4.78 is 11.1. The first-order valence-corrected chi connectivity index (χ1v) is 17.0. The number of rotatable bonds is 4. The van der Waals surface area contributed by atoms with E-state index in [-0.39, 0.29) is 0 Å². The lowest BCUT2D eigenvalue weighted by Crippen LogP contribution is -2.06. The maximum Gasteiger partial charge on any atom is 0.238 e. The molecule has 7 aromatic carbocycles. The largest absolute Gasteiger partial charge is 0.454 e. The minimum absolute atomic E-state index is 0.571. The molecule has 0 aliphatic heterocycles. The van der Waals surface area contributed by atoms with Crippen LogP contribution in [-0.2, 0) is 0 Å². The van der Waals surface area contributed by atoms with Crippen LogP contribution in [0.15, 0.2) is 168 Å². The Morgan fingerprint density at radius 3 is 1.49 bits per heavy atom. The van der Waals surface area contributed by atoms with Crippen molar-refractivity contribution in [2.45, 2.75) is 0 Å². The van der Waals surface area contributed by atoms with Crippen molar-refractivity contribution in [1.82, 2.24) is 24.1 Å². The third-order valence-electron chi connectivity index (χ3n) is 9.99. The lowest BCUT2D eigenvalue weighted by molar-refractivity contribution is 0.666. The maximum atomic E-state index is 6.69. The average molecular weight is 654 g/mol. The Labute approximate surface area is 291 Å². The molecule has 0 aliphatic rings. The van der Waals surface area contributed by atoms with Gasteiger partial charge < -0.3 is 8.98 Å². The summed E-state index contributed by atoms with van der Waals surface area (Å²) in [6.45, 7) is 0. The van der Waals surface area contributed by atoms with Gasteiger partial charge in [0.25, 0.3) is 0 Å². The van der Waals surface area contributed by atoms with E-state index >= 15 is 0 Å². The standard InChI is InChI=1S/C45H27N5O/c1-2-13-28(14-3-1)43-46-44(48-45(47-43)50-38-22-10-6-17-32(38)33-18-7-11-23-39(33)50)29-25-26-41-35(27-29)34-19-12-24-40(42(34)51-41)49-36-20-8-4-15-30(36)31-16-5-9-21-37(31)49/h1-27H. The van der Waals surface area contributed by atoms with Crippen molar-refractivity contribution in [3.63, 3.8) is 0 Å². The van der Waals surface area contributed by atoms with Crippen molar-refractivity contribution in [2.75, 3.05) is 0 Å². The van der Waals surface area contributed by atoms with Crippen LogP contribution in [0.3, 0.4) is 0 Å². The SMILES string of the molecule is c1ccc(-c2nc(-c3ccc4oc5c(-n6c7ccccc7c7ccccc76)cccc5c4c3)nc(-n3c4ccccc4c4ccccc43)n2)cc1. The summed E-state index contributed by atoms with van der Waals surface area (Å²) in [6.07, 6.45) is 0. The number of hydrogen-bond donors (Lipinski definition) is 0. The van der Waals surface area contributed by atoms with Gasteiger partial charge in [0.15, 0.2) is 17.2 Å². The quantitative estimate of drug-likeness (QED) is 0.190. The molecule has 0 radical (unpaired) electrons. The van der Waals surface area contributed by atoms with E-state index in [1.165, 1.54) is 10.8 Å². The van der Waals surface area contributed by atoms with Gasteiger partial charge in [-0.25, -0.2) is 4.98 Å². The van der Waals surface area contributed by atoms with Crippen molar-refractivity contribution in [3.8, 4) is 34.4 Å². The van der Waals surface area contributed by atoms with Gasteiger partial charge in [0.2, 0.25) is 5.95 Å². The molecule has 0 saturated carbocycles. The van der Waals surface area contributed by atoms with Crippen LogP contribution in [0.1, 0.15) is 0 Å². The summed E-state index contributed by atoms with van der Waals surface area (Å²) >= 11 is 0. The van der Waals surface area contributed by atoms with E-state index in [1.807, 2.05) is 42.5 Å². The van der Waals surface area contributed by atoms with E-state index < -0.39 is 0 Å². The van der Waals surface area contributed by atoms with Crippen molar-refractivity contribution >= 4 is 65.6 Å². The Bertz CT molecular complexity index is 3040. The molecule has 238 valence electrons. The van der Waals surface area contributed by atoms with Crippen molar-refractivity contribution in [2.24, 2.45) is 0 Å². The van der Waals surface area contributed by atoms with Crippen LogP contribution in [0.4, 0.5) is 0 Å². The van der Waals surface area contributed by atoms with E-state index in [9.17, 15) is 0 Å². The van der Waals surface area contributed by atoms with Gasteiger partial charge in [0, 0.05) is 43.4 Å². The highest BCUT2D eigenvalue weighted by Crippen LogP contribution is 2.39. The van der Waals surface area contributed by atoms with Crippen LogP contribution in [0.2, 0.25) is 0 Å². The van der Waals surface area contributed by atoms with Gasteiger partial charge in [-0.3, -0.25) is 4.57 Å². The van der Waals surface area contributed by atoms with Crippen LogP contribution >= 0.6 is 0 Å². The summed E-state index contributed by atoms with van der Waals surface area (Å²) in [7, 11) is 0. The molecule has 51 heavy (non-hydrogen) atoms. The highest BCUT2D eigenvalue weighted by atomic mass is 16.3. The number of para-hydroxylation sites is 5. The molecule has 0 spiro atoms. The highest BCUT2D eigenvalue weighted by molar-refractivity contribution is 6.13. The van der Waals surface area contributed by atoms with Crippen LogP contribution < -0.4 is 0 Å². The van der Waals surface area contributed by atoms with E-state index in [1.54, 1.807) is 0 Å². The molecule has 6 nitrogen and oxygen atoms in total. The minimum Gasteiger partial charge on any atom is -0.454 e. The molecule has 0 saturated heterocycles. The summed E-state index contributed by atoms with van der Waals surface area (Å²) in [5.74, 6) is 1.78. The van der Waals surface area contributed by atoms with Gasteiger partial charge in [-0.15, -0.1) is 0 Å². The van der Waals surface area contributed by atoms with E-state index in [4.69, 9.17) is 19.4 Å². The number of nitrogens with zero attached hydrogens (tertiary/aromatic N) is 5. The predicted molar refractivity (Wildman–Crippen MR) is 207 cm³/mol. The molecule has 0 N–H and O–H groups in total. The first-order valence-electron chi connectivity index (χ1n) is 17.0. The van der Waals surface area contributed by atoms with Gasteiger partial charge >= 0.3 is 0 Å². The molecule has 0 fully saturated rings. The molecule has 4 aromatic heterocycles. The molecule has 0 amide bonds. The number of benzene rings is 7. The second kappa shape index (κ2) is 10.7. The number of furan rings is 1. The third kappa shape index (κ3) is 4.14. The highest BCUT2D eigenvalue weighted by Gasteiger charge is 2.20. The first-order chi connectivity index (χ1) is 25.3. The van der Waals surface area contributed by atoms with E-state index in [2.05, 4.69) is 130 Å². The zero-order valence-electron chi connectivity index (χ0n) is 27.2. The third-order valence-corrected chi connectivity index (χ3v) is 9.99. The first kappa shape index (κ1) is 27.9. The fourth-order valence-corrected chi connectivity index (χ4v) is 7.73. The zero-order chi connectivity index (χ0) is 33.5. The second-order valence-electron chi connectivity index (χ2n) is 12.9. The van der Waals surface area contributed by atoms with Crippen LogP contribution in [0.25, 0.3) is 100.0 Å². The Morgan fingerprint density at radius 2 is 0.882 bits per heavy atom. The van der Waals surface area contributed by atoms with E-state index in [0.717, 1.165) is 71.6 Å². The number of hydrogen-bond acceptors (Lipinski definition) is 4. The average Bonchev–Trinajstić information content (AvgIpc) is 3.86.